The van der Waals surface area contributed by atoms with Crippen molar-refractivity contribution in [1.82, 2.24) is 0 Å². The van der Waals surface area contributed by atoms with E-state index in [1.54, 1.807) is 0 Å². The molecule has 0 spiro atoms. The zero-order valence-electron chi connectivity index (χ0n) is 7.29. The molecule has 0 aliphatic rings. The molecule has 0 saturated carbocycles. The van der Waals surface area contributed by atoms with Gasteiger partial charge in [0.25, 0.3) is 0 Å². The van der Waals surface area contributed by atoms with E-state index in [1.807, 2.05) is 0 Å². The fourth-order valence-corrected chi connectivity index (χ4v) is 0.734. The molecule has 0 amide bonds. The van der Waals surface area contributed by atoms with Gasteiger partial charge in [-0.3, -0.25) is 0 Å². The molecular formula is C8H14O5. The first-order valence-corrected chi connectivity index (χ1v) is 3.72. The van der Waals surface area contributed by atoms with Crippen LogP contribution in [0.2, 0.25) is 0 Å². The number of rotatable bonds is 5. The van der Waals surface area contributed by atoms with Crippen LogP contribution in [0.1, 0.15) is 6.92 Å². The summed E-state index contributed by atoms with van der Waals surface area (Å²) in [5.74, 6) is 0. The Kier molecular flexibility index (Phi) is 4.22. The predicted molar refractivity (Wildman–Crippen MR) is 44.9 cm³/mol. The van der Waals surface area contributed by atoms with Crippen molar-refractivity contribution < 1.29 is 25.2 Å². The first-order chi connectivity index (χ1) is 5.86. The Hall–Kier alpha value is -0.750. The average Bonchev–Trinajstić information content (AvgIpc) is 2.14. The third-order valence-electron chi connectivity index (χ3n) is 1.82. The summed E-state index contributed by atoms with van der Waals surface area (Å²) in [4.78, 5) is 10.0. The highest BCUT2D eigenvalue weighted by atomic mass is 16.4. The van der Waals surface area contributed by atoms with E-state index in [0.717, 1.165) is 6.08 Å². The van der Waals surface area contributed by atoms with Crippen molar-refractivity contribution in [3.05, 3.63) is 12.7 Å². The van der Waals surface area contributed by atoms with Gasteiger partial charge in [-0.15, -0.1) is 6.58 Å². The van der Waals surface area contributed by atoms with E-state index in [4.69, 9.17) is 10.2 Å². The normalized spacial score (nSPS) is 22.5. The van der Waals surface area contributed by atoms with E-state index in [1.165, 1.54) is 6.92 Å². The van der Waals surface area contributed by atoms with Crippen molar-refractivity contribution in [3.63, 3.8) is 0 Å². The summed E-state index contributed by atoms with van der Waals surface area (Å²) in [6, 6.07) is 0. The lowest BCUT2D eigenvalue weighted by Gasteiger charge is -2.30. The fourth-order valence-electron chi connectivity index (χ4n) is 0.734. The lowest BCUT2D eigenvalue weighted by molar-refractivity contribution is -0.141. The van der Waals surface area contributed by atoms with Crippen molar-refractivity contribution in [2.75, 3.05) is 0 Å². The molecule has 0 fully saturated rings. The first-order valence-electron chi connectivity index (χ1n) is 3.72. The zero-order valence-corrected chi connectivity index (χ0v) is 7.29. The van der Waals surface area contributed by atoms with E-state index in [2.05, 4.69) is 6.58 Å². The molecule has 0 radical (unpaired) electrons. The topological polar surface area (TPSA) is 98.0 Å². The molecule has 0 aromatic carbocycles. The molecule has 4 unspecified atom stereocenters. The molecule has 0 heterocycles. The minimum Gasteiger partial charge on any atom is -0.387 e. The Balaban J connectivity index is 4.49. The first kappa shape index (κ1) is 12.2. The van der Waals surface area contributed by atoms with Crippen LogP contribution in [-0.4, -0.2) is 50.6 Å². The van der Waals surface area contributed by atoms with Gasteiger partial charge >= 0.3 is 0 Å². The number of aldehydes is 1. The Labute approximate surface area is 75.9 Å². The van der Waals surface area contributed by atoms with E-state index in [0.29, 0.717) is 0 Å². The largest absolute Gasteiger partial charge is 0.387 e. The van der Waals surface area contributed by atoms with Crippen molar-refractivity contribution in [1.29, 1.82) is 0 Å². The molecule has 0 aliphatic heterocycles. The lowest BCUT2D eigenvalue weighted by atomic mass is 9.92. The molecular weight excluding hydrogens is 176 g/mol. The molecule has 0 bridgehead atoms. The monoisotopic (exact) mass is 190 g/mol. The third-order valence-corrected chi connectivity index (χ3v) is 1.82. The van der Waals surface area contributed by atoms with Gasteiger partial charge in [-0.1, -0.05) is 6.08 Å². The van der Waals surface area contributed by atoms with Gasteiger partial charge in [-0.05, 0) is 6.92 Å². The number of aliphatic hydroxyl groups is 4. The van der Waals surface area contributed by atoms with E-state index >= 15 is 0 Å². The molecule has 5 nitrogen and oxygen atoms in total. The molecule has 76 valence electrons. The molecule has 5 heteroatoms. The Morgan fingerprint density at radius 2 is 1.85 bits per heavy atom. The minimum atomic E-state index is -1.75. The second-order valence-electron chi connectivity index (χ2n) is 2.99. The van der Waals surface area contributed by atoms with Gasteiger partial charge < -0.3 is 25.2 Å². The van der Waals surface area contributed by atoms with Crippen LogP contribution in [-0.2, 0) is 4.79 Å². The van der Waals surface area contributed by atoms with E-state index in [-0.39, 0.29) is 6.29 Å². The maximum Gasteiger partial charge on any atom is 0.151 e. The lowest BCUT2D eigenvalue weighted by Crippen LogP contribution is -2.50. The van der Waals surface area contributed by atoms with Gasteiger partial charge in [-0.25, -0.2) is 0 Å². The van der Waals surface area contributed by atoms with Gasteiger partial charge in [-0.2, -0.15) is 0 Å². The molecule has 0 aromatic rings. The Bertz CT molecular complexity index is 189. The predicted octanol–water partition coefficient (Wildman–Crippen LogP) is -1.80. The quantitative estimate of drug-likeness (QED) is 0.303. The second kappa shape index (κ2) is 4.48. The van der Waals surface area contributed by atoms with Crippen LogP contribution in [0, 0.1) is 0 Å². The summed E-state index contributed by atoms with van der Waals surface area (Å²) >= 11 is 0. The van der Waals surface area contributed by atoms with Crippen LogP contribution in [0.5, 0.6) is 0 Å². The molecule has 13 heavy (non-hydrogen) atoms. The van der Waals surface area contributed by atoms with Gasteiger partial charge in [0, 0.05) is 0 Å². The summed E-state index contributed by atoms with van der Waals surface area (Å²) in [5.41, 5.74) is -1.75. The number of hydrogen-bond donors (Lipinski definition) is 4. The number of carbonyl (C=O) groups excluding carboxylic acids is 1. The smallest absolute Gasteiger partial charge is 0.151 e. The summed E-state index contributed by atoms with van der Waals surface area (Å²) in [7, 11) is 0. The standard InChI is InChI=1S/C8H14O5/c1-3-8(2,13)7(12)6(11)5(10)4-9/h3-7,10-13H,1H2,2H3. The summed E-state index contributed by atoms with van der Waals surface area (Å²) in [6.07, 6.45) is -4.03. The number of carbonyl (C=O) groups is 1. The summed E-state index contributed by atoms with van der Waals surface area (Å²) in [5, 5.41) is 36.6. The minimum absolute atomic E-state index is 0.0764. The highest BCUT2D eigenvalue weighted by Gasteiger charge is 2.36. The molecule has 0 aliphatic carbocycles. The van der Waals surface area contributed by atoms with Crippen LogP contribution in [0.25, 0.3) is 0 Å². The second-order valence-corrected chi connectivity index (χ2v) is 2.99. The zero-order chi connectivity index (χ0) is 10.6. The van der Waals surface area contributed by atoms with Crippen LogP contribution >= 0.6 is 0 Å². The van der Waals surface area contributed by atoms with Crippen LogP contribution in [0.3, 0.4) is 0 Å². The van der Waals surface area contributed by atoms with Gasteiger partial charge in [0.2, 0.25) is 0 Å². The SMILES string of the molecule is C=CC(C)(O)C(O)C(O)C(O)C=O. The molecule has 4 atom stereocenters. The van der Waals surface area contributed by atoms with E-state index in [9.17, 15) is 15.0 Å². The van der Waals surface area contributed by atoms with Crippen LogP contribution in [0.15, 0.2) is 12.7 Å². The Morgan fingerprint density at radius 3 is 2.15 bits per heavy atom. The van der Waals surface area contributed by atoms with Crippen LogP contribution in [0.4, 0.5) is 0 Å². The molecule has 0 saturated heterocycles. The molecule has 0 aromatic heterocycles. The van der Waals surface area contributed by atoms with Crippen molar-refractivity contribution >= 4 is 6.29 Å². The highest BCUT2D eigenvalue weighted by molar-refractivity contribution is 5.56. The summed E-state index contributed by atoms with van der Waals surface area (Å²) < 4.78 is 0. The van der Waals surface area contributed by atoms with Crippen LogP contribution < -0.4 is 0 Å². The van der Waals surface area contributed by atoms with Gasteiger partial charge in [0.1, 0.15) is 23.9 Å². The molecule has 0 rings (SSSR count). The fraction of sp³-hybridized carbons (Fsp3) is 0.625. The maximum atomic E-state index is 10.0. The summed E-state index contributed by atoms with van der Waals surface area (Å²) in [6.45, 7) is 4.43. The van der Waals surface area contributed by atoms with Crippen molar-refractivity contribution in [2.45, 2.75) is 30.8 Å². The Morgan fingerprint density at radius 1 is 1.38 bits per heavy atom. The van der Waals surface area contributed by atoms with Gasteiger partial charge in [0.15, 0.2) is 6.29 Å². The average molecular weight is 190 g/mol. The number of hydrogen-bond acceptors (Lipinski definition) is 5. The van der Waals surface area contributed by atoms with E-state index < -0.39 is 23.9 Å². The maximum absolute atomic E-state index is 10.0. The van der Waals surface area contributed by atoms with Crippen molar-refractivity contribution in [2.24, 2.45) is 0 Å². The van der Waals surface area contributed by atoms with Gasteiger partial charge in [0.05, 0.1) is 0 Å². The van der Waals surface area contributed by atoms with Crippen molar-refractivity contribution in [3.8, 4) is 0 Å². The molecule has 4 N–H and O–H groups in total. The third kappa shape index (κ3) is 2.89. The highest BCUT2D eigenvalue weighted by Crippen LogP contribution is 2.15. The number of aliphatic hydroxyl groups excluding tert-OH is 3.